The average Bonchev–Trinajstić information content (AvgIpc) is 3.20. The second-order valence-corrected chi connectivity index (χ2v) is 6.90. The standard InChI is InChI=1S/C15H25N3S/c1-2-15-17-13(11-19-15)10-18(14-5-6-14)9-12-4-3-7-16-8-12/h11-12,14,16H,2-10H2,1H3. The number of thiazole rings is 1. The van der Waals surface area contributed by atoms with Gasteiger partial charge in [0, 0.05) is 24.5 Å². The molecule has 3 nitrogen and oxygen atoms in total. The maximum atomic E-state index is 4.73. The van der Waals surface area contributed by atoms with Crippen LogP contribution in [-0.4, -0.2) is 35.6 Å². The summed E-state index contributed by atoms with van der Waals surface area (Å²) >= 11 is 1.82. The summed E-state index contributed by atoms with van der Waals surface area (Å²) in [5.74, 6) is 0.846. The van der Waals surface area contributed by atoms with Crippen molar-refractivity contribution < 1.29 is 0 Å². The molecular formula is C15H25N3S. The molecule has 0 radical (unpaired) electrons. The van der Waals surface area contributed by atoms with Crippen LogP contribution in [0.25, 0.3) is 0 Å². The molecule has 19 heavy (non-hydrogen) atoms. The summed E-state index contributed by atoms with van der Waals surface area (Å²) in [6, 6.07) is 0.841. The minimum Gasteiger partial charge on any atom is -0.316 e. The fourth-order valence-corrected chi connectivity index (χ4v) is 3.72. The molecule has 2 fully saturated rings. The lowest BCUT2D eigenvalue weighted by atomic mass is 9.99. The lowest BCUT2D eigenvalue weighted by Gasteiger charge is -2.29. The Hall–Kier alpha value is -0.450. The summed E-state index contributed by atoms with van der Waals surface area (Å²) in [4.78, 5) is 7.42. The highest BCUT2D eigenvalue weighted by molar-refractivity contribution is 7.09. The Labute approximate surface area is 120 Å². The number of rotatable bonds is 6. The third-order valence-electron chi connectivity index (χ3n) is 4.22. The van der Waals surface area contributed by atoms with E-state index in [0.29, 0.717) is 0 Å². The predicted octanol–water partition coefficient (Wildman–Crippen LogP) is 2.67. The van der Waals surface area contributed by atoms with E-state index in [2.05, 4.69) is 22.5 Å². The molecule has 3 rings (SSSR count). The van der Waals surface area contributed by atoms with Gasteiger partial charge in [-0.2, -0.15) is 0 Å². The van der Waals surface area contributed by atoms with Crippen LogP contribution in [0.4, 0.5) is 0 Å². The monoisotopic (exact) mass is 279 g/mol. The fourth-order valence-electron chi connectivity index (χ4n) is 2.99. The summed E-state index contributed by atoms with van der Waals surface area (Å²) in [6.07, 6.45) is 6.60. The first-order valence-electron chi connectivity index (χ1n) is 7.73. The first kappa shape index (κ1) is 13.5. The largest absolute Gasteiger partial charge is 0.316 e. The minimum atomic E-state index is 0.841. The van der Waals surface area contributed by atoms with E-state index in [0.717, 1.165) is 24.9 Å². The highest BCUT2D eigenvalue weighted by Crippen LogP contribution is 2.30. The summed E-state index contributed by atoms with van der Waals surface area (Å²) in [6.45, 7) is 6.94. The second-order valence-electron chi connectivity index (χ2n) is 5.96. The molecule has 0 bridgehead atoms. The maximum Gasteiger partial charge on any atom is 0.0926 e. The van der Waals surface area contributed by atoms with Gasteiger partial charge in [0.2, 0.25) is 0 Å². The zero-order valence-corrected chi connectivity index (χ0v) is 12.7. The van der Waals surface area contributed by atoms with Crippen molar-refractivity contribution >= 4 is 11.3 Å². The van der Waals surface area contributed by atoms with Crippen LogP contribution in [0.3, 0.4) is 0 Å². The van der Waals surface area contributed by atoms with Crippen molar-refractivity contribution in [1.82, 2.24) is 15.2 Å². The van der Waals surface area contributed by atoms with Crippen LogP contribution in [0.2, 0.25) is 0 Å². The molecule has 0 aromatic carbocycles. The van der Waals surface area contributed by atoms with Gasteiger partial charge in [-0.05, 0) is 51.1 Å². The minimum absolute atomic E-state index is 0.841. The molecule has 1 aliphatic carbocycles. The van der Waals surface area contributed by atoms with Crippen molar-refractivity contribution in [3.63, 3.8) is 0 Å². The molecule has 1 unspecified atom stereocenters. The summed E-state index contributed by atoms with van der Waals surface area (Å²) in [7, 11) is 0. The number of aromatic nitrogens is 1. The van der Waals surface area contributed by atoms with E-state index >= 15 is 0 Å². The summed E-state index contributed by atoms with van der Waals surface area (Å²) < 4.78 is 0. The highest BCUT2D eigenvalue weighted by atomic mass is 32.1. The van der Waals surface area contributed by atoms with Crippen LogP contribution in [0.5, 0.6) is 0 Å². The van der Waals surface area contributed by atoms with E-state index < -0.39 is 0 Å². The smallest absolute Gasteiger partial charge is 0.0926 e. The zero-order valence-electron chi connectivity index (χ0n) is 11.9. The van der Waals surface area contributed by atoms with Crippen molar-refractivity contribution in [1.29, 1.82) is 0 Å². The van der Waals surface area contributed by atoms with E-state index in [1.807, 2.05) is 11.3 Å². The fraction of sp³-hybridized carbons (Fsp3) is 0.800. The molecular weight excluding hydrogens is 254 g/mol. The number of hydrogen-bond acceptors (Lipinski definition) is 4. The molecule has 0 spiro atoms. The van der Waals surface area contributed by atoms with Crippen molar-refractivity contribution in [2.24, 2.45) is 5.92 Å². The van der Waals surface area contributed by atoms with Crippen LogP contribution in [0.1, 0.15) is 43.3 Å². The number of aryl methyl sites for hydroxylation is 1. The van der Waals surface area contributed by atoms with E-state index in [-0.39, 0.29) is 0 Å². The molecule has 1 aromatic heterocycles. The number of nitrogens with zero attached hydrogens (tertiary/aromatic N) is 2. The van der Waals surface area contributed by atoms with Crippen LogP contribution >= 0.6 is 11.3 Å². The topological polar surface area (TPSA) is 28.2 Å². The quantitative estimate of drug-likeness (QED) is 0.868. The van der Waals surface area contributed by atoms with Gasteiger partial charge in [-0.3, -0.25) is 4.90 Å². The molecule has 1 aromatic rings. The molecule has 106 valence electrons. The Morgan fingerprint density at radius 1 is 1.42 bits per heavy atom. The van der Waals surface area contributed by atoms with Crippen LogP contribution in [0.15, 0.2) is 5.38 Å². The average molecular weight is 279 g/mol. The predicted molar refractivity (Wildman–Crippen MR) is 80.5 cm³/mol. The highest BCUT2D eigenvalue weighted by Gasteiger charge is 2.31. The first-order chi connectivity index (χ1) is 9.35. The first-order valence-corrected chi connectivity index (χ1v) is 8.61. The van der Waals surface area contributed by atoms with Gasteiger partial charge in [-0.25, -0.2) is 4.98 Å². The van der Waals surface area contributed by atoms with E-state index in [9.17, 15) is 0 Å². The Bertz CT molecular complexity index is 394. The number of nitrogens with one attached hydrogen (secondary N) is 1. The van der Waals surface area contributed by atoms with Crippen molar-refractivity contribution in [2.75, 3.05) is 19.6 Å². The van der Waals surface area contributed by atoms with Gasteiger partial charge in [0.05, 0.1) is 10.7 Å². The molecule has 1 saturated heterocycles. The SMILES string of the molecule is CCc1nc(CN(CC2CCCNC2)C2CC2)cs1. The van der Waals surface area contributed by atoms with Crippen molar-refractivity contribution in [2.45, 2.75) is 51.6 Å². The van der Waals surface area contributed by atoms with Crippen molar-refractivity contribution in [3.8, 4) is 0 Å². The van der Waals surface area contributed by atoms with Gasteiger partial charge in [-0.15, -0.1) is 11.3 Å². The Balaban J connectivity index is 1.57. The van der Waals surface area contributed by atoms with Crippen LogP contribution in [-0.2, 0) is 13.0 Å². The van der Waals surface area contributed by atoms with Crippen LogP contribution in [0, 0.1) is 5.92 Å². The van der Waals surface area contributed by atoms with Gasteiger partial charge in [0.25, 0.3) is 0 Å². The van der Waals surface area contributed by atoms with E-state index in [4.69, 9.17) is 4.98 Å². The molecule has 1 N–H and O–H groups in total. The summed E-state index contributed by atoms with van der Waals surface area (Å²) in [5, 5.41) is 7.08. The summed E-state index contributed by atoms with van der Waals surface area (Å²) in [5.41, 5.74) is 1.29. The third-order valence-corrected chi connectivity index (χ3v) is 5.26. The number of hydrogen-bond donors (Lipinski definition) is 1. The Morgan fingerprint density at radius 3 is 2.95 bits per heavy atom. The van der Waals surface area contributed by atoms with Gasteiger partial charge in [0.15, 0.2) is 0 Å². The lowest BCUT2D eigenvalue weighted by Crippen LogP contribution is -2.39. The maximum absolute atomic E-state index is 4.73. The Morgan fingerprint density at radius 2 is 2.32 bits per heavy atom. The molecule has 0 amide bonds. The van der Waals surface area contributed by atoms with Crippen LogP contribution < -0.4 is 5.32 Å². The second kappa shape index (κ2) is 6.33. The normalized spacial score (nSPS) is 24.0. The molecule has 1 saturated carbocycles. The molecule has 1 atom stereocenters. The molecule has 1 aliphatic heterocycles. The van der Waals surface area contributed by atoms with Gasteiger partial charge < -0.3 is 5.32 Å². The lowest BCUT2D eigenvalue weighted by molar-refractivity contribution is 0.191. The van der Waals surface area contributed by atoms with E-state index in [1.165, 1.54) is 56.0 Å². The molecule has 2 aliphatic rings. The zero-order chi connectivity index (χ0) is 13.1. The Kier molecular flexibility index (Phi) is 4.51. The molecule has 2 heterocycles. The number of piperidine rings is 1. The van der Waals surface area contributed by atoms with Gasteiger partial charge in [0.1, 0.15) is 0 Å². The third kappa shape index (κ3) is 3.77. The van der Waals surface area contributed by atoms with Gasteiger partial charge in [-0.1, -0.05) is 6.92 Å². The van der Waals surface area contributed by atoms with E-state index in [1.54, 1.807) is 0 Å². The van der Waals surface area contributed by atoms with Crippen molar-refractivity contribution in [3.05, 3.63) is 16.1 Å². The molecule has 4 heteroatoms. The van der Waals surface area contributed by atoms with Gasteiger partial charge >= 0.3 is 0 Å².